The predicted octanol–water partition coefficient (Wildman–Crippen LogP) is 0.965. The zero-order valence-electron chi connectivity index (χ0n) is 7.65. The number of hydrogen-bond acceptors (Lipinski definition) is 2. The van der Waals surface area contributed by atoms with E-state index in [0.29, 0.717) is 16.5 Å². The number of nitrogens with one attached hydrogen (secondary N) is 1. The van der Waals surface area contributed by atoms with E-state index in [-0.39, 0.29) is 5.56 Å². The van der Waals surface area contributed by atoms with Gasteiger partial charge in [-0.1, -0.05) is 0 Å². The molecule has 0 aliphatic heterocycles. The van der Waals surface area contributed by atoms with Gasteiger partial charge in [0.2, 0.25) is 0 Å². The molecule has 2 aromatic rings. The number of carboxylic acids is 1. The Bertz CT molecular complexity index is 509. The molecule has 76 valence electrons. The molecular weight excluding hydrogens is 196 g/mol. The molecule has 1 aromatic heterocycles. The highest BCUT2D eigenvalue weighted by molar-refractivity contribution is 6.11. The van der Waals surface area contributed by atoms with E-state index in [1.807, 2.05) is 0 Å². The molecule has 0 spiro atoms. The van der Waals surface area contributed by atoms with Crippen molar-refractivity contribution in [2.45, 2.75) is 0 Å². The summed E-state index contributed by atoms with van der Waals surface area (Å²) in [7, 11) is 0. The van der Waals surface area contributed by atoms with Crippen LogP contribution >= 0.6 is 0 Å². The van der Waals surface area contributed by atoms with E-state index >= 15 is 0 Å². The molecule has 4 N–H and O–H groups in total. The molecule has 0 aliphatic carbocycles. The Morgan fingerprint density at radius 3 is 2.47 bits per heavy atom. The highest BCUT2D eigenvalue weighted by Gasteiger charge is 2.14. The lowest BCUT2D eigenvalue weighted by molar-refractivity contribution is 0.0698. The van der Waals surface area contributed by atoms with E-state index in [1.165, 1.54) is 12.1 Å². The SMILES string of the molecule is NC(=O)c1ccc(C(=O)O)c2cc[nH]c12. The number of fused-ring (bicyclic) bond motifs is 1. The largest absolute Gasteiger partial charge is 0.478 e. The van der Waals surface area contributed by atoms with E-state index in [9.17, 15) is 9.59 Å². The van der Waals surface area contributed by atoms with Gasteiger partial charge >= 0.3 is 5.97 Å². The number of carbonyl (C=O) groups excluding carboxylic acids is 1. The van der Waals surface area contributed by atoms with Crippen LogP contribution in [0.3, 0.4) is 0 Å². The van der Waals surface area contributed by atoms with Crippen molar-refractivity contribution in [1.82, 2.24) is 4.98 Å². The number of aromatic carboxylic acids is 1. The third-order valence-corrected chi connectivity index (χ3v) is 2.22. The number of aromatic amines is 1. The van der Waals surface area contributed by atoms with Gasteiger partial charge in [-0.05, 0) is 18.2 Å². The van der Waals surface area contributed by atoms with Crippen molar-refractivity contribution in [3.8, 4) is 0 Å². The van der Waals surface area contributed by atoms with Crippen LogP contribution in [-0.2, 0) is 0 Å². The van der Waals surface area contributed by atoms with Gasteiger partial charge < -0.3 is 15.8 Å². The Kier molecular flexibility index (Phi) is 1.93. The van der Waals surface area contributed by atoms with Gasteiger partial charge in [0.05, 0.1) is 16.6 Å². The van der Waals surface area contributed by atoms with Crippen LogP contribution in [0.5, 0.6) is 0 Å². The molecule has 1 aromatic carbocycles. The minimum absolute atomic E-state index is 0.149. The summed E-state index contributed by atoms with van der Waals surface area (Å²) in [4.78, 5) is 24.7. The van der Waals surface area contributed by atoms with Gasteiger partial charge in [-0.25, -0.2) is 4.79 Å². The van der Waals surface area contributed by atoms with Gasteiger partial charge in [-0.2, -0.15) is 0 Å². The number of benzene rings is 1. The smallest absolute Gasteiger partial charge is 0.336 e. The van der Waals surface area contributed by atoms with E-state index in [0.717, 1.165) is 0 Å². The molecule has 2 rings (SSSR count). The highest BCUT2D eigenvalue weighted by atomic mass is 16.4. The number of aromatic nitrogens is 1. The Balaban J connectivity index is 2.82. The molecule has 1 amide bonds. The van der Waals surface area contributed by atoms with Crippen molar-refractivity contribution in [2.75, 3.05) is 0 Å². The Hall–Kier alpha value is -2.30. The monoisotopic (exact) mass is 204 g/mol. The van der Waals surface area contributed by atoms with Crippen LogP contribution in [0.25, 0.3) is 10.9 Å². The van der Waals surface area contributed by atoms with E-state index in [2.05, 4.69) is 4.98 Å². The number of primary amides is 1. The molecule has 0 radical (unpaired) electrons. The van der Waals surface area contributed by atoms with Gasteiger partial charge in [0.1, 0.15) is 0 Å². The molecule has 0 fully saturated rings. The van der Waals surface area contributed by atoms with E-state index < -0.39 is 11.9 Å². The molecule has 0 saturated heterocycles. The fraction of sp³-hybridized carbons (Fsp3) is 0. The number of H-pyrrole nitrogens is 1. The Labute approximate surface area is 84.5 Å². The lowest BCUT2D eigenvalue weighted by atomic mass is 10.1. The van der Waals surface area contributed by atoms with Gasteiger partial charge in [-0.15, -0.1) is 0 Å². The minimum Gasteiger partial charge on any atom is -0.478 e. The Morgan fingerprint density at radius 1 is 1.20 bits per heavy atom. The highest BCUT2D eigenvalue weighted by Crippen LogP contribution is 2.21. The van der Waals surface area contributed by atoms with Crippen molar-refractivity contribution < 1.29 is 14.7 Å². The summed E-state index contributed by atoms with van der Waals surface area (Å²) < 4.78 is 0. The molecule has 5 nitrogen and oxygen atoms in total. The molecule has 1 heterocycles. The summed E-state index contributed by atoms with van der Waals surface area (Å²) in [6.45, 7) is 0. The fourth-order valence-corrected chi connectivity index (χ4v) is 1.55. The van der Waals surface area contributed by atoms with E-state index in [1.54, 1.807) is 12.3 Å². The summed E-state index contributed by atoms with van der Waals surface area (Å²) in [5, 5.41) is 9.39. The van der Waals surface area contributed by atoms with Crippen molar-refractivity contribution in [1.29, 1.82) is 0 Å². The summed E-state index contributed by atoms with van der Waals surface area (Å²) in [6, 6.07) is 4.38. The van der Waals surface area contributed by atoms with Crippen LogP contribution in [0.15, 0.2) is 24.4 Å². The topological polar surface area (TPSA) is 96.2 Å². The lowest BCUT2D eigenvalue weighted by Gasteiger charge is -2.01. The maximum absolute atomic E-state index is 11.0. The summed E-state index contributed by atoms with van der Waals surface area (Å²) in [5.74, 6) is -1.62. The van der Waals surface area contributed by atoms with Gasteiger partial charge in [0, 0.05) is 11.6 Å². The van der Waals surface area contributed by atoms with Gasteiger partial charge in [0.15, 0.2) is 0 Å². The molecule has 0 bridgehead atoms. The van der Waals surface area contributed by atoms with Crippen molar-refractivity contribution >= 4 is 22.8 Å². The maximum atomic E-state index is 11.0. The second-order valence-electron chi connectivity index (χ2n) is 3.10. The zero-order valence-corrected chi connectivity index (χ0v) is 7.65. The van der Waals surface area contributed by atoms with Crippen LogP contribution in [0.4, 0.5) is 0 Å². The first kappa shape index (κ1) is 9.26. The average molecular weight is 204 g/mol. The minimum atomic E-state index is -1.03. The summed E-state index contributed by atoms with van der Waals surface area (Å²) in [6.07, 6.45) is 1.57. The molecule has 15 heavy (non-hydrogen) atoms. The van der Waals surface area contributed by atoms with Crippen LogP contribution in [0.2, 0.25) is 0 Å². The quantitative estimate of drug-likeness (QED) is 0.679. The molecule has 0 saturated carbocycles. The summed E-state index contributed by atoms with van der Waals surface area (Å²) in [5.41, 5.74) is 6.06. The van der Waals surface area contributed by atoms with Crippen molar-refractivity contribution in [3.05, 3.63) is 35.5 Å². The lowest BCUT2D eigenvalue weighted by Crippen LogP contribution is -2.12. The maximum Gasteiger partial charge on any atom is 0.336 e. The molecule has 5 heteroatoms. The third-order valence-electron chi connectivity index (χ3n) is 2.22. The number of rotatable bonds is 2. The first-order chi connectivity index (χ1) is 7.11. The van der Waals surface area contributed by atoms with E-state index in [4.69, 9.17) is 10.8 Å². The third kappa shape index (κ3) is 1.34. The molecule has 0 aliphatic rings. The predicted molar refractivity (Wildman–Crippen MR) is 53.8 cm³/mol. The molecule has 0 unspecified atom stereocenters. The Morgan fingerprint density at radius 2 is 1.87 bits per heavy atom. The average Bonchev–Trinajstić information content (AvgIpc) is 2.63. The first-order valence-electron chi connectivity index (χ1n) is 4.24. The zero-order chi connectivity index (χ0) is 11.0. The molecular formula is C10H8N2O3. The second-order valence-corrected chi connectivity index (χ2v) is 3.10. The van der Waals surface area contributed by atoms with Crippen molar-refractivity contribution in [3.63, 3.8) is 0 Å². The number of amides is 1. The number of carbonyl (C=O) groups is 2. The number of carboxylic acid groups (broad SMARTS) is 1. The number of nitrogens with two attached hydrogens (primary N) is 1. The van der Waals surface area contributed by atoms with Gasteiger partial charge in [-0.3, -0.25) is 4.79 Å². The second kappa shape index (κ2) is 3.13. The first-order valence-corrected chi connectivity index (χ1v) is 4.24. The van der Waals surface area contributed by atoms with Crippen LogP contribution in [0.1, 0.15) is 20.7 Å². The molecule has 0 atom stereocenters. The fourth-order valence-electron chi connectivity index (χ4n) is 1.55. The van der Waals surface area contributed by atoms with Crippen LogP contribution in [0, 0.1) is 0 Å². The summed E-state index contributed by atoms with van der Waals surface area (Å²) >= 11 is 0. The van der Waals surface area contributed by atoms with Crippen molar-refractivity contribution in [2.24, 2.45) is 5.73 Å². The van der Waals surface area contributed by atoms with Crippen LogP contribution in [-0.4, -0.2) is 22.0 Å². The normalized spacial score (nSPS) is 10.4. The number of hydrogen-bond donors (Lipinski definition) is 3. The van der Waals surface area contributed by atoms with Gasteiger partial charge in [0.25, 0.3) is 5.91 Å². The standard InChI is InChI=1S/C10H8N2O3/c11-9(13)7-2-1-6(10(14)15)5-3-4-12-8(5)7/h1-4,12H,(H2,11,13)(H,14,15). The van der Waals surface area contributed by atoms with Crippen LogP contribution < -0.4 is 5.73 Å².